The molecule has 9 heavy (non-hydrogen) atoms. The fourth-order valence-corrected chi connectivity index (χ4v) is 0.504. The van der Waals surface area contributed by atoms with Crippen molar-refractivity contribution >= 4 is 23.2 Å². The van der Waals surface area contributed by atoms with Gasteiger partial charge in [0.25, 0.3) is 0 Å². The van der Waals surface area contributed by atoms with Crippen molar-refractivity contribution in [2.45, 2.75) is 0 Å². The van der Waals surface area contributed by atoms with Gasteiger partial charge < -0.3 is 5.73 Å². The predicted molar refractivity (Wildman–Crippen MR) is 42.3 cm³/mol. The Morgan fingerprint density at radius 3 is 2.00 bits per heavy atom. The molecule has 0 heterocycles. The monoisotopic (exact) mass is 163 g/mol. The Bertz CT molecular complexity index is 170. The maximum absolute atomic E-state index is 5.50. The molecule has 3 heteroatoms. The highest BCUT2D eigenvalue weighted by Crippen LogP contribution is 2.14. The molecule has 0 radical (unpaired) electrons. The van der Waals surface area contributed by atoms with E-state index in [0.717, 1.165) is 0 Å². The molecule has 0 spiro atoms. The van der Waals surface area contributed by atoms with Gasteiger partial charge in [-0.3, -0.25) is 0 Å². The van der Waals surface area contributed by atoms with Gasteiger partial charge in [-0.1, -0.05) is 36.4 Å². The smallest absolute Gasteiger partial charge is 0.0686 e. The molecular weight excluding hydrogens is 157 g/mol. The second-order valence-corrected chi connectivity index (χ2v) is 2.23. The maximum Gasteiger partial charge on any atom is 0.0686 e. The number of allylic oxidation sites excluding steroid dienone is 3. The molecule has 0 aromatic rings. The molecule has 0 rings (SSSR count). The topological polar surface area (TPSA) is 26.0 Å². The lowest BCUT2D eigenvalue weighted by atomic mass is 10.4. The van der Waals surface area contributed by atoms with Crippen molar-refractivity contribution in [3.63, 3.8) is 0 Å². The summed E-state index contributed by atoms with van der Waals surface area (Å²) in [5.41, 5.74) is 5.59. The van der Waals surface area contributed by atoms with Gasteiger partial charge in [0.15, 0.2) is 0 Å². The van der Waals surface area contributed by atoms with Crippen LogP contribution >= 0.6 is 23.2 Å². The van der Waals surface area contributed by atoms with Crippen LogP contribution in [0.25, 0.3) is 0 Å². The average Bonchev–Trinajstić information content (AvgIpc) is 1.84. The van der Waals surface area contributed by atoms with Gasteiger partial charge in [-0.15, -0.1) is 0 Å². The minimum absolute atomic E-state index is 0.236. The first-order valence-corrected chi connectivity index (χ1v) is 2.97. The molecule has 0 aliphatic heterocycles. The summed E-state index contributed by atoms with van der Waals surface area (Å²) in [6.45, 7) is 6.77. The first-order chi connectivity index (χ1) is 4.09. The maximum atomic E-state index is 5.50. The van der Waals surface area contributed by atoms with Gasteiger partial charge in [0.05, 0.1) is 15.8 Å². The molecule has 0 aliphatic carbocycles. The van der Waals surface area contributed by atoms with E-state index in [1.165, 1.54) is 6.08 Å². The van der Waals surface area contributed by atoms with Gasteiger partial charge in [-0.05, 0) is 6.08 Å². The van der Waals surface area contributed by atoms with Gasteiger partial charge in [0, 0.05) is 0 Å². The van der Waals surface area contributed by atoms with Crippen LogP contribution in [0.4, 0.5) is 0 Å². The molecular formula is C6H7Cl2N. The summed E-state index contributed by atoms with van der Waals surface area (Å²) in [6, 6.07) is 0. The van der Waals surface area contributed by atoms with Crippen LogP contribution in [0.1, 0.15) is 0 Å². The second kappa shape index (κ2) is 3.59. The summed E-state index contributed by atoms with van der Waals surface area (Å²) < 4.78 is 0. The van der Waals surface area contributed by atoms with Crippen LogP contribution in [-0.2, 0) is 0 Å². The SMILES string of the molecule is C=C/C(Cl)=C(/N)C(=C)Cl. The van der Waals surface area contributed by atoms with E-state index in [2.05, 4.69) is 13.2 Å². The van der Waals surface area contributed by atoms with E-state index in [0.29, 0.717) is 5.03 Å². The molecule has 2 N–H and O–H groups in total. The highest BCUT2D eigenvalue weighted by molar-refractivity contribution is 6.36. The Hall–Kier alpha value is -0.400. The molecule has 0 aromatic heterocycles. The lowest BCUT2D eigenvalue weighted by molar-refractivity contribution is 1.39. The van der Waals surface area contributed by atoms with Crippen molar-refractivity contribution in [1.29, 1.82) is 0 Å². The molecule has 0 unspecified atom stereocenters. The molecule has 0 aliphatic rings. The fraction of sp³-hybridized carbons (Fsp3) is 0. The third-order valence-electron chi connectivity index (χ3n) is 0.729. The third-order valence-corrected chi connectivity index (χ3v) is 1.29. The third kappa shape index (κ3) is 2.59. The average molecular weight is 164 g/mol. The summed E-state index contributed by atoms with van der Waals surface area (Å²) in [4.78, 5) is 0. The Morgan fingerprint density at radius 2 is 1.89 bits per heavy atom. The number of hydrogen-bond acceptors (Lipinski definition) is 1. The number of hydrogen-bond donors (Lipinski definition) is 1. The molecule has 0 fully saturated rings. The lowest BCUT2D eigenvalue weighted by Gasteiger charge is -1.96. The van der Waals surface area contributed by atoms with Gasteiger partial charge in [-0.2, -0.15) is 0 Å². The number of rotatable bonds is 2. The Kier molecular flexibility index (Phi) is 3.43. The summed E-state index contributed by atoms with van der Waals surface area (Å²) in [6.07, 6.45) is 1.41. The van der Waals surface area contributed by atoms with Crippen LogP contribution in [0.5, 0.6) is 0 Å². The molecule has 0 amide bonds. The van der Waals surface area contributed by atoms with E-state index in [1.807, 2.05) is 0 Å². The molecule has 0 bridgehead atoms. The Labute approximate surface area is 64.4 Å². The summed E-state index contributed by atoms with van der Waals surface area (Å²) in [7, 11) is 0. The molecule has 0 saturated carbocycles. The van der Waals surface area contributed by atoms with Crippen molar-refractivity contribution in [3.8, 4) is 0 Å². The Balaban J connectivity index is 4.47. The van der Waals surface area contributed by atoms with Crippen LogP contribution in [0.2, 0.25) is 0 Å². The van der Waals surface area contributed by atoms with Crippen LogP contribution < -0.4 is 5.73 Å². The van der Waals surface area contributed by atoms with Gasteiger partial charge in [0.1, 0.15) is 0 Å². The van der Waals surface area contributed by atoms with Crippen LogP contribution in [0.3, 0.4) is 0 Å². The van der Waals surface area contributed by atoms with E-state index < -0.39 is 0 Å². The van der Waals surface area contributed by atoms with Crippen molar-refractivity contribution in [2.24, 2.45) is 5.73 Å². The van der Waals surface area contributed by atoms with E-state index in [9.17, 15) is 0 Å². The molecule has 0 saturated heterocycles. The normalized spacial score (nSPS) is 12.2. The zero-order valence-corrected chi connectivity index (χ0v) is 6.34. The highest BCUT2D eigenvalue weighted by Gasteiger charge is 1.96. The van der Waals surface area contributed by atoms with Crippen molar-refractivity contribution in [2.75, 3.05) is 0 Å². The van der Waals surface area contributed by atoms with Gasteiger partial charge in [-0.25, -0.2) is 0 Å². The predicted octanol–water partition coefficient (Wildman–Crippen LogP) is 2.33. The largest absolute Gasteiger partial charge is 0.396 e. The quantitative estimate of drug-likeness (QED) is 0.622. The summed E-state index contributed by atoms with van der Waals surface area (Å²) in [5, 5.41) is 0.565. The molecule has 0 atom stereocenters. The zero-order chi connectivity index (χ0) is 7.44. The zero-order valence-electron chi connectivity index (χ0n) is 4.82. The lowest BCUT2D eigenvalue weighted by Crippen LogP contribution is -1.97. The van der Waals surface area contributed by atoms with Crippen molar-refractivity contribution in [1.82, 2.24) is 0 Å². The van der Waals surface area contributed by atoms with Crippen LogP contribution in [0.15, 0.2) is 35.0 Å². The second-order valence-electron chi connectivity index (χ2n) is 1.37. The van der Waals surface area contributed by atoms with E-state index in [1.54, 1.807) is 0 Å². The van der Waals surface area contributed by atoms with Crippen LogP contribution in [0, 0.1) is 0 Å². The summed E-state index contributed by atoms with van der Waals surface area (Å²) in [5.74, 6) is 0. The molecule has 1 nitrogen and oxygen atoms in total. The van der Waals surface area contributed by atoms with E-state index >= 15 is 0 Å². The number of nitrogens with two attached hydrogens (primary N) is 1. The minimum Gasteiger partial charge on any atom is -0.396 e. The standard InChI is InChI=1S/C6H7Cl2N/c1-3-5(8)6(9)4(2)7/h3H,1-2,9H2/b6-5-. The Morgan fingerprint density at radius 1 is 1.44 bits per heavy atom. The molecule has 50 valence electrons. The summed E-state index contributed by atoms with van der Waals surface area (Å²) >= 11 is 10.9. The fourth-order valence-electron chi connectivity index (χ4n) is 0.240. The van der Waals surface area contributed by atoms with Crippen molar-refractivity contribution < 1.29 is 0 Å². The number of halogens is 2. The highest BCUT2D eigenvalue weighted by atomic mass is 35.5. The van der Waals surface area contributed by atoms with Crippen molar-refractivity contribution in [3.05, 3.63) is 35.0 Å². The van der Waals surface area contributed by atoms with Gasteiger partial charge in [0.2, 0.25) is 0 Å². The van der Waals surface area contributed by atoms with Gasteiger partial charge >= 0.3 is 0 Å². The van der Waals surface area contributed by atoms with E-state index in [-0.39, 0.29) is 10.7 Å². The molecule has 0 aromatic carbocycles. The minimum atomic E-state index is 0.236. The first kappa shape index (κ1) is 8.60. The van der Waals surface area contributed by atoms with E-state index in [4.69, 9.17) is 28.9 Å². The first-order valence-electron chi connectivity index (χ1n) is 2.22. The van der Waals surface area contributed by atoms with Crippen LogP contribution in [-0.4, -0.2) is 0 Å².